The van der Waals surface area contributed by atoms with Crippen molar-refractivity contribution in [2.75, 3.05) is 18.8 Å². The minimum Gasteiger partial charge on any atom is -0.399 e. The lowest BCUT2D eigenvalue weighted by Gasteiger charge is -2.31. The first-order valence-corrected chi connectivity index (χ1v) is 9.10. The van der Waals surface area contributed by atoms with Gasteiger partial charge in [-0.25, -0.2) is 8.42 Å². The highest BCUT2D eigenvalue weighted by Gasteiger charge is 2.30. The number of hydrogen-bond acceptors (Lipinski definition) is 3. The minimum atomic E-state index is -3.52. The molecule has 0 saturated carbocycles. The molecular weight excluding hydrogens is 352 g/mol. The van der Waals surface area contributed by atoms with Gasteiger partial charge in [0.2, 0.25) is 10.0 Å². The van der Waals surface area contributed by atoms with Gasteiger partial charge in [-0.15, -0.1) is 0 Å². The Bertz CT molecular complexity index is 675. The van der Waals surface area contributed by atoms with Gasteiger partial charge in [0.1, 0.15) is 0 Å². The Morgan fingerprint density at radius 2 is 1.95 bits per heavy atom. The van der Waals surface area contributed by atoms with E-state index in [1.54, 1.807) is 12.1 Å². The lowest BCUT2D eigenvalue weighted by Crippen LogP contribution is -2.36. The molecule has 0 bridgehead atoms. The second-order valence-corrected chi connectivity index (χ2v) is 9.04. The average Bonchev–Trinajstić information content (AvgIpc) is 2.40. The van der Waals surface area contributed by atoms with Crippen molar-refractivity contribution in [1.29, 1.82) is 0 Å². The van der Waals surface area contributed by atoms with Crippen LogP contribution >= 0.6 is 15.9 Å². The number of rotatable bonds is 2. The van der Waals surface area contributed by atoms with Gasteiger partial charge in [-0.2, -0.15) is 4.31 Å². The van der Waals surface area contributed by atoms with Crippen LogP contribution in [0.25, 0.3) is 0 Å². The van der Waals surface area contributed by atoms with Crippen LogP contribution in [0.15, 0.2) is 39.2 Å². The minimum absolute atomic E-state index is 0.0909. The summed E-state index contributed by atoms with van der Waals surface area (Å²) in [6.45, 7) is 7.37. The molecule has 0 saturated heterocycles. The van der Waals surface area contributed by atoms with Crippen LogP contribution in [0.1, 0.15) is 27.2 Å². The number of nitrogens with zero attached hydrogens (tertiary/aromatic N) is 1. The Morgan fingerprint density at radius 3 is 2.48 bits per heavy atom. The van der Waals surface area contributed by atoms with Crippen molar-refractivity contribution in [3.8, 4) is 0 Å². The quantitative estimate of drug-likeness (QED) is 0.638. The summed E-state index contributed by atoms with van der Waals surface area (Å²) < 4.78 is 27.5. The third kappa shape index (κ3) is 3.49. The van der Waals surface area contributed by atoms with Gasteiger partial charge in [-0.05, 0) is 46.0 Å². The summed E-state index contributed by atoms with van der Waals surface area (Å²) in [6, 6.07) is 4.85. The van der Waals surface area contributed by atoms with Gasteiger partial charge in [0.05, 0.1) is 4.90 Å². The predicted molar refractivity (Wildman–Crippen MR) is 89.5 cm³/mol. The third-order valence-corrected chi connectivity index (χ3v) is 6.57. The molecule has 0 atom stereocenters. The molecule has 6 heteroatoms. The summed E-state index contributed by atoms with van der Waals surface area (Å²) in [7, 11) is -3.52. The molecule has 0 amide bonds. The molecule has 21 heavy (non-hydrogen) atoms. The van der Waals surface area contributed by atoms with Gasteiger partial charge >= 0.3 is 0 Å². The zero-order valence-electron chi connectivity index (χ0n) is 12.6. The standard InChI is InChI=1S/C15H21BrN2O2S/c1-15(2,3)11-6-8-18(9-7-11)21(19,20)14-10-12(17)4-5-13(14)16/h4-6,10H,7-9,17H2,1-3H3. The number of halogens is 1. The van der Waals surface area contributed by atoms with E-state index in [1.165, 1.54) is 15.9 Å². The van der Waals surface area contributed by atoms with Gasteiger partial charge in [0.25, 0.3) is 0 Å². The molecule has 0 unspecified atom stereocenters. The molecule has 0 spiro atoms. The van der Waals surface area contributed by atoms with Crippen LogP contribution < -0.4 is 5.73 Å². The first-order valence-electron chi connectivity index (χ1n) is 6.87. The second-order valence-electron chi connectivity index (χ2n) is 6.28. The Morgan fingerprint density at radius 1 is 1.29 bits per heavy atom. The highest BCUT2D eigenvalue weighted by molar-refractivity contribution is 9.10. The van der Waals surface area contributed by atoms with Crippen LogP contribution in [0, 0.1) is 5.41 Å². The maximum absolute atomic E-state index is 12.7. The third-order valence-electron chi connectivity index (χ3n) is 3.71. The first kappa shape index (κ1) is 16.5. The predicted octanol–water partition coefficient (Wildman–Crippen LogP) is 3.40. The molecule has 1 aliphatic heterocycles. The number of sulfonamides is 1. The van der Waals surface area contributed by atoms with Crippen molar-refractivity contribution in [3.05, 3.63) is 34.3 Å². The Balaban J connectivity index is 2.31. The smallest absolute Gasteiger partial charge is 0.244 e. The summed E-state index contributed by atoms with van der Waals surface area (Å²) in [4.78, 5) is 0.232. The van der Waals surface area contributed by atoms with E-state index < -0.39 is 10.0 Å². The SMILES string of the molecule is CC(C)(C)C1=CCN(S(=O)(=O)c2cc(N)ccc2Br)CC1. The summed E-state index contributed by atoms with van der Waals surface area (Å²) in [5.74, 6) is 0. The van der Waals surface area contributed by atoms with Crippen LogP contribution in [-0.4, -0.2) is 25.8 Å². The van der Waals surface area contributed by atoms with Crippen molar-refractivity contribution in [3.63, 3.8) is 0 Å². The number of hydrogen-bond donors (Lipinski definition) is 1. The number of anilines is 1. The first-order chi connectivity index (χ1) is 9.62. The van der Waals surface area contributed by atoms with E-state index in [0.717, 1.165) is 6.42 Å². The number of benzene rings is 1. The molecule has 2 rings (SSSR count). The van der Waals surface area contributed by atoms with Crippen molar-refractivity contribution < 1.29 is 8.42 Å². The molecule has 1 aliphatic rings. The Labute approximate surface area is 135 Å². The van der Waals surface area contributed by atoms with E-state index >= 15 is 0 Å². The number of nitrogen functional groups attached to an aromatic ring is 1. The second kappa shape index (κ2) is 5.74. The molecule has 0 fully saturated rings. The normalized spacial score (nSPS) is 17.6. The number of nitrogens with two attached hydrogens (primary N) is 1. The molecule has 4 nitrogen and oxygen atoms in total. The summed E-state index contributed by atoms with van der Waals surface area (Å²) in [5.41, 5.74) is 7.56. The monoisotopic (exact) mass is 372 g/mol. The highest BCUT2D eigenvalue weighted by atomic mass is 79.9. The molecule has 0 aromatic heterocycles. The van der Waals surface area contributed by atoms with Gasteiger partial charge in [-0.1, -0.05) is 32.4 Å². The van der Waals surface area contributed by atoms with E-state index in [-0.39, 0.29) is 10.3 Å². The van der Waals surface area contributed by atoms with Gasteiger partial charge in [0.15, 0.2) is 0 Å². The lowest BCUT2D eigenvalue weighted by molar-refractivity contribution is 0.389. The van der Waals surface area contributed by atoms with Crippen molar-refractivity contribution in [2.24, 2.45) is 5.41 Å². The van der Waals surface area contributed by atoms with Gasteiger partial charge in [0, 0.05) is 23.2 Å². The van der Waals surface area contributed by atoms with Crippen molar-refractivity contribution in [1.82, 2.24) is 4.31 Å². The van der Waals surface area contributed by atoms with Crippen LogP contribution in [0.4, 0.5) is 5.69 Å². The Kier molecular flexibility index (Phi) is 4.52. The average molecular weight is 373 g/mol. The topological polar surface area (TPSA) is 63.4 Å². The lowest BCUT2D eigenvalue weighted by atomic mass is 9.83. The van der Waals surface area contributed by atoms with Gasteiger partial charge in [-0.3, -0.25) is 0 Å². The fourth-order valence-corrected chi connectivity index (χ4v) is 4.75. The summed E-state index contributed by atoms with van der Waals surface area (Å²) >= 11 is 3.30. The molecule has 1 aromatic rings. The zero-order valence-corrected chi connectivity index (χ0v) is 15.0. The molecule has 1 aromatic carbocycles. The maximum Gasteiger partial charge on any atom is 0.244 e. The van der Waals surface area contributed by atoms with E-state index in [0.29, 0.717) is 23.2 Å². The molecule has 0 radical (unpaired) electrons. The fraction of sp³-hybridized carbons (Fsp3) is 0.467. The van der Waals surface area contributed by atoms with Crippen LogP contribution in [0.2, 0.25) is 0 Å². The Hall–Kier alpha value is -0.850. The molecule has 0 aliphatic carbocycles. The molecule has 2 N–H and O–H groups in total. The van der Waals surface area contributed by atoms with E-state index in [4.69, 9.17) is 5.73 Å². The zero-order chi connectivity index (χ0) is 15.8. The van der Waals surface area contributed by atoms with Crippen molar-refractivity contribution in [2.45, 2.75) is 32.1 Å². The van der Waals surface area contributed by atoms with E-state index in [2.05, 4.69) is 36.7 Å². The maximum atomic E-state index is 12.7. The van der Waals surface area contributed by atoms with Crippen molar-refractivity contribution >= 4 is 31.6 Å². The summed E-state index contributed by atoms with van der Waals surface area (Å²) in [5, 5.41) is 0. The molecule has 1 heterocycles. The molecule has 116 valence electrons. The molecular formula is C15H21BrN2O2S. The van der Waals surface area contributed by atoms with E-state index in [1.807, 2.05) is 6.08 Å². The summed E-state index contributed by atoms with van der Waals surface area (Å²) in [6.07, 6.45) is 2.80. The largest absolute Gasteiger partial charge is 0.399 e. The van der Waals surface area contributed by atoms with Gasteiger partial charge < -0.3 is 5.73 Å². The highest BCUT2D eigenvalue weighted by Crippen LogP contribution is 2.33. The van der Waals surface area contributed by atoms with E-state index in [9.17, 15) is 8.42 Å². The fourth-order valence-electron chi connectivity index (χ4n) is 2.41. The van der Waals surface area contributed by atoms with Crippen LogP contribution in [0.5, 0.6) is 0 Å². The van der Waals surface area contributed by atoms with Crippen LogP contribution in [0.3, 0.4) is 0 Å². The van der Waals surface area contributed by atoms with Crippen LogP contribution in [-0.2, 0) is 10.0 Å².